The molecule has 0 saturated heterocycles. The van der Waals surface area contributed by atoms with E-state index in [1.807, 2.05) is 0 Å². The summed E-state index contributed by atoms with van der Waals surface area (Å²) < 4.78 is 31.2. The number of esters is 1. The fourth-order valence-electron chi connectivity index (χ4n) is 2.52. The van der Waals surface area contributed by atoms with E-state index in [9.17, 15) is 23.2 Å². The number of ketones is 1. The molecule has 0 aliphatic carbocycles. The average Bonchev–Trinajstić information content (AvgIpc) is 2.66. The molecule has 0 aliphatic rings. The van der Waals surface area contributed by atoms with Crippen LogP contribution in [0, 0.1) is 24.5 Å². The van der Waals surface area contributed by atoms with Crippen LogP contribution in [0.5, 0.6) is 0 Å². The van der Waals surface area contributed by atoms with Crippen molar-refractivity contribution in [1.82, 2.24) is 5.32 Å². The molecule has 0 aliphatic heterocycles. The van der Waals surface area contributed by atoms with E-state index in [1.165, 1.54) is 0 Å². The van der Waals surface area contributed by atoms with E-state index in [-0.39, 0.29) is 11.5 Å². The summed E-state index contributed by atoms with van der Waals surface area (Å²) in [6.07, 6.45) is 0. The van der Waals surface area contributed by atoms with E-state index < -0.39 is 41.9 Å². The van der Waals surface area contributed by atoms with Gasteiger partial charge >= 0.3 is 5.97 Å². The minimum atomic E-state index is -1.16. The summed E-state index contributed by atoms with van der Waals surface area (Å²) in [5.41, 5.74) is 1.07. The molecule has 5 nitrogen and oxygen atoms in total. The van der Waals surface area contributed by atoms with E-state index in [2.05, 4.69) is 5.32 Å². The van der Waals surface area contributed by atoms with Gasteiger partial charge in [0.25, 0.3) is 5.91 Å². The first-order chi connectivity index (χ1) is 13.2. The van der Waals surface area contributed by atoms with Crippen LogP contribution < -0.4 is 5.32 Å². The number of nitrogens with one attached hydrogen (secondary N) is 1. The summed E-state index contributed by atoms with van der Waals surface area (Å²) in [5.74, 6) is -4.43. The number of ether oxygens (including phenoxy) is 1. The van der Waals surface area contributed by atoms with Gasteiger partial charge in [-0.3, -0.25) is 9.59 Å². The van der Waals surface area contributed by atoms with Gasteiger partial charge in [0, 0.05) is 11.1 Å². The molecule has 1 atom stereocenters. The van der Waals surface area contributed by atoms with E-state index in [1.54, 1.807) is 45.0 Å². The minimum Gasteiger partial charge on any atom is -0.456 e. The van der Waals surface area contributed by atoms with Crippen LogP contribution in [0.2, 0.25) is 0 Å². The second kappa shape index (κ2) is 9.21. The first kappa shape index (κ1) is 21.2. The molecule has 1 N–H and O–H groups in total. The number of halogens is 2. The monoisotopic (exact) mass is 389 g/mol. The number of rotatable bonds is 7. The van der Waals surface area contributed by atoms with Gasteiger partial charge in [-0.15, -0.1) is 0 Å². The maximum Gasteiger partial charge on any atom is 0.329 e. The topological polar surface area (TPSA) is 72.5 Å². The number of hydrogen-bond acceptors (Lipinski definition) is 4. The summed E-state index contributed by atoms with van der Waals surface area (Å²) in [5, 5.41) is 2.62. The molecule has 28 heavy (non-hydrogen) atoms. The molecule has 0 bridgehead atoms. The predicted octanol–water partition coefficient (Wildman–Crippen LogP) is 3.45. The highest BCUT2D eigenvalue weighted by atomic mass is 19.2. The Morgan fingerprint density at radius 2 is 1.71 bits per heavy atom. The fraction of sp³-hybridized carbons (Fsp3) is 0.286. The van der Waals surface area contributed by atoms with Crippen LogP contribution in [0.4, 0.5) is 8.78 Å². The number of hydrogen-bond donors (Lipinski definition) is 1. The van der Waals surface area contributed by atoms with Crippen molar-refractivity contribution in [2.45, 2.75) is 26.8 Å². The maximum absolute atomic E-state index is 13.2. The minimum absolute atomic E-state index is 0.114. The molecular weight excluding hydrogens is 368 g/mol. The molecule has 0 radical (unpaired) electrons. The molecule has 2 rings (SSSR count). The number of carbonyl (C=O) groups is 3. The lowest BCUT2D eigenvalue weighted by atomic mass is 10.0. The van der Waals surface area contributed by atoms with Gasteiger partial charge in [-0.2, -0.15) is 0 Å². The van der Waals surface area contributed by atoms with Gasteiger partial charge in [-0.1, -0.05) is 32.0 Å². The van der Waals surface area contributed by atoms with Crippen LogP contribution in [0.25, 0.3) is 0 Å². The van der Waals surface area contributed by atoms with Crippen LogP contribution in [0.3, 0.4) is 0 Å². The zero-order chi connectivity index (χ0) is 20.8. The number of Topliss-reactive ketones (excluding diaryl/α,β-unsaturated/α-hetero) is 1. The highest BCUT2D eigenvalue weighted by Gasteiger charge is 2.27. The van der Waals surface area contributed by atoms with E-state index in [0.29, 0.717) is 5.56 Å². The lowest BCUT2D eigenvalue weighted by Gasteiger charge is -2.21. The standard InChI is InChI=1S/C21H21F2NO4/c1-12(2)19(24-20(26)15-7-5-4-6-13(15)3)21(27)28-11-18(25)14-8-9-16(22)17(23)10-14/h4-10,12,19H,11H2,1-3H3,(H,24,26)/t19-/m0/s1. The van der Waals surface area contributed by atoms with Crippen LogP contribution >= 0.6 is 0 Å². The second-order valence-corrected chi connectivity index (χ2v) is 6.67. The summed E-state index contributed by atoms with van der Waals surface area (Å²) in [4.78, 5) is 36.9. The third kappa shape index (κ3) is 5.22. The van der Waals surface area contributed by atoms with Crippen LogP contribution in [-0.4, -0.2) is 30.3 Å². The maximum atomic E-state index is 13.2. The Labute approximate surface area is 161 Å². The Hall–Kier alpha value is -3.09. The van der Waals surface area contributed by atoms with Gasteiger partial charge in [0.05, 0.1) is 0 Å². The zero-order valence-corrected chi connectivity index (χ0v) is 15.8. The fourth-order valence-corrected chi connectivity index (χ4v) is 2.52. The van der Waals surface area contributed by atoms with Crippen molar-refractivity contribution in [2.75, 3.05) is 6.61 Å². The van der Waals surface area contributed by atoms with Crippen molar-refractivity contribution < 1.29 is 27.9 Å². The summed E-state index contributed by atoms with van der Waals surface area (Å²) in [6.45, 7) is 4.58. The van der Waals surface area contributed by atoms with Gasteiger partial charge < -0.3 is 10.1 Å². The Morgan fingerprint density at radius 1 is 1.04 bits per heavy atom. The molecule has 0 spiro atoms. The highest BCUT2D eigenvalue weighted by Crippen LogP contribution is 2.12. The third-order valence-corrected chi connectivity index (χ3v) is 4.18. The van der Waals surface area contributed by atoms with Crippen molar-refractivity contribution in [1.29, 1.82) is 0 Å². The first-order valence-corrected chi connectivity index (χ1v) is 8.72. The first-order valence-electron chi connectivity index (χ1n) is 8.72. The highest BCUT2D eigenvalue weighted by molar-refractivity contribution is 5.99. The van der Waals surface area contributed by atoms with Crippen molar-refractivity contribution in [2.24, 2.45) is 5.92 Å². The quantitative estimate of drug-likeness (QED) is 0.582. The van der Waals surface area contributed by atoms with Gasteiger partial charge in [-0.05, 0) is 42.7 Å². The molecule has 0 fully saturated rings. The average molecular weight is 389 g/mol. The van der Waals surface area contributed by atoms with Crippen LogP contribution in [-0.2, 0) is 9.53 Å². The largest absolute Gasteiger partial charge is 0.456 e. The number of amides is 1. The van der Waals surface area contributed by atoms with Crippen LogP contribution in [0.15, 0.2) is 42.5 Å². The molecule has 0 unspecified atom stereocenters. The molecule has 2 aromatic carbocycles. The summed E-state index contributed by atoms with van der Waals surface area (Å²) in [6, 6.07) is 8.63. The van der Waals surface area contributed by atoms with Crippen molar-refractivity contribution in [3.63, 3.8) is 0 Å². The van der Waals surface area contributed by atoms with Gasteiger partial charge in [-0.25, -0.2) is 13.6 Å². The van der Waals surface area contributed by atoms with E-state index in [0.717, 1.165) is 23.8 Å². The molecule has 148 valence electrons. The molecule has 0 aromatic heterocycles. The van der Waals surface area contributed by atoms with Crippen molar-refractivity contribution >= 4 is 17.7 Å². The van der Waals surface area contributed by atoms with Crippen molar-refractivity contribution in [3.8, 4) is 0 Å². The third-order valence-electron chi connectivity index (χ3n) is 4.18. The van der Waals surface area contributed by atoms with Gasteiger partial charge in [0.2, 0.25) is 0 Å². The lowest BCUT2D eigenvalue weighted by Crippen LogP contribution is -2.45. The number of aryl methyl sites for hydroxylation is 1. The Bertz CT molecular complexity index is 896. The van der Waals surface area contributed by atoms with Crippen molar-refractivity contribution in [3.05, 3.63) is 70.8 Å². The molecule has 2 aromatic rings. The molecule has 7 heteroatoms. The Kier molecular flexibility index (Phi) is 6.98. The van der Waals surface area contributed by atoms with Crippen LogP contribution in [0.1, 0.15) is 40.1 Å². The summed E-state index contributed by atoms with van der Waals surface area (Å²) in [7, 11) is 0. The molecular formula is C21H21F2NO4. The zero-order valence-electron chi connectivity index (χ0n) is 15.8. The Morgan fingerprint density at radius 3 is 2.32 bits per heavy atom. The molecule has 0 heterocycles. The Balaban J connectivity index is 2.02. The number of benzene rings is 2. The smallest absolute Gasteiger partial charge is 0.329 e. The van der Waals surface area contributed by atoms with Gasteiger partial charge in [0.1, 0.15) is 6.04 Å². The van der Waals surface area contributed by atoms with E-state index >= 15 is 0 Å². The SMILES string of the molecule is Cc1ccccc1C(=O)N[C@H](C(=O)OCC(=O)c1ccc(F)c(F)c1)C(C)C. The van der Waals surface area contributed by atoms with Gasteiger partial charge in [0.15, 0.2) is 24.0 Å². The number of carbonyl (C=O) groups excluding carboxylic acids is 3. The lowest BCUT2D eigenvalue weighted by molar-refractivity contribution is -0.145. The van der Waals surface area contributed by atoms with E-state index in [4.69, 9.17) is 4.74 Å². The predicted molar refractivity (Wildman–Crippen MR) is 98.9 cm³/mol. The normalized spacial score (nSPS) is 11.8. The second-order valence-electron chi connectivity index (χ2n) is 6.67. The molecule has 0 saturated carbocycles. The molecule has 1 amide bonds. The summed E-state index contributed by atoms with van der Waals surface area (Å²) >= 11 is 0.